The van der Waals surface area contributed by atoms with Crippen molar-refractivity contribution in [2.45, 2.75) is 45.2 Å². The number of likely N-dealkylation sites (tertiary alicyclic amines) is 1. The number of hydrogen-bond acceptors (Lipinski definition) is 6. The molecule has 3 atom stereocenters. The van der Waals surface area contributed by atoms with E-state index in [-0.39, 0.29) is 25.6 Å². The minimum absolute atomic E-state index is 0.236. The van der Waals surface area contributed by atoms with Crippen molar-refractivity contribution in [1.29, 1.82) is 0 Å². The molecule has 0 aromatic heterocycles. The van der Waals surface area contributed by atoms with Gasteiger partial charge in [0.2, 0.25) is 23.6 Å². The van der Waals surface area contributed by atoms with Crippen LogP contribution in [0.2, 0.25) is 0 Å². The molecule has 11 nitrogen and oxygen atoms in total. The summed E-state index contributed by atoms with van der Waals surface area (Å²) in [6.45, 7) is 3.02. The van der Waals surface area contributed by atoms with E-state index in [4.69, 9.17) is 5.73 Å². The molecule has 0 radical (unpaired) electrons. The van der Waals surface area contributed by atoms with E-state index in [1.165, 1.54) is 4.90 Å². The minimum Gasteiger partial charge on any atom is -0.480 e. The first-order valence-electron chi connectivity index (χ1n) is 9.27. The van der Waals surface area contributed by atoms with Crippen LogP contribution in [0.15, 0.2) is 0 Å². The van der Waals surface area contributed by atoms with Crippen LogP contribution in [0.25, 0.3) is 0 Å². The summed E-state index contributed by atoms with van der Waals surface area (Å²) >= 11 is 0. The quantitative estimate of drug-likeness (QED) is 0.277. The molecule has 1 saturated heterocycles. The number of carboxylic acids is 1. The Bertz CT molecular complexity index is 611. The van der Waals surface area contributed by atoms with Crippen molar-refractivity contribution in [2.75, 3.05) is 26.2 Å². The Morgan fingerprint density at radius 3 is 2.39 bits per heavy atom. The Morgan fingerprint density at radius 1 is 1.14 bits per heavy atom. The number of nitrogens with one attached hydrogen (secondary N) is 3. The largest absolute Gasteiger partial charge is 0.480 e. The topological polar surface area (TPSA) is 171 Å². The van der Waals surface area contributed by atoms with Gasteiger partial charge in [-0.3, -0.25) is 19.2 Å². The van der Waals surface area contributed by atoms with Crippen LogP contribution >= 0.6 is 0 Å². The molecule has 1 aliphatic heterocycles. The van der Waals surface area contributed by atoms with Gasteiger partial charge in [0.25, 0.3) is 0 Å². The molecule has 1 aliphatic rings. The molecule has 0 bridgehead atoms. The Kier molecular flexibility index (Phi) is 9.36. The maximum Gasteiger partial charge on any atom is 0.326 e. The molecular weight excluding hydrogens is 370 g/mol. The summed E-state index contributed by atoms with van der Waals surface area (Å²) in [7, 11) is 0. The van der Waals surface area contributed by atoms with E-state index in [2.05, 4.69) is 16.0 Å². The second-order valence-electron chi connectivity index (χ2n) is 6.71. The molecule has 0 unspecified atom stereocenters. The Morgan fingerprint density at radius 2 is 1.82 bits per heavy atom. The third-order valence-electron chi connectivity index (χ3n) is 4.72. The lowest BCUT2D eigenvalue weighted by molar-refractivity contribution is -0.143. The summed E-state index contributed by atoms with van der Waals surface area (Å²) in [5, 5.41) is 16.4. The van der Waals surface area contributed by atoms with E-state index in [1.807, 2.05) is 6.92 Å². The van der Waals surface area contributed by atoms with E-state index < -0.39 is 41.7 Å². The van der Waals surface area contributed by atoms with Crippen LogP contribution in [0, 0.1) is 5.92 Å². The van der Waals surface area contributed by atoms with Crippen LogP contribution in [0.4, 0.5) is 0 Å². The zero-order chi connectivity index (χ0) is 21.3. The summed E-state index contributed by atoms with van der Waals surface area (Å²) in [6, 6.07) is -1.77. The van der Waals surface area contributed by atoms with Crippen LogP contribution in [-0.4, -0.2) is 77.9 Å². The highest BCUT2D eigenvalue weighted by Gasteiger charge is 2.34. The molecule has 0 aliphatic carbocycles. The van der Waals surface area contributed by atoms with Gasteiger partial charge in [-0.2, -0.15) is 0 Å². The predicted molar refractivity (Wildman–Crippen MR) is 98.8 cm³/mol. The van der Waals surface area contributed by atoms with Crippen LogP contribution < -0.4 is 21.7 Å². The highest BCUT2D eigenvalue weighted by Crippen LogP contribution is 2.17. The first-order valence-corrected chi connectivity index (χ1v) is 9.27. The molecule has 1 fully saturated rings. The van der Waals surface area contributed by atoms with Gasteiger partial charge in [0.15, 0.2) is 0 Å². The highest BCUT2D eigenvalue weighted by molar-refractivity contribution is 5.93. The Hall–Kier alpha value is -2.69. The van der Waals surface area contributed by atoms with Crippen LogP contribution in [0.5, 0.6) is 0 Å². The number of rotatable bonds is 10. The van der Waals surface area contributed by atoms with Crippen LogP contribution in [0.3, 0.4) is 0 Å². The molecule has 1 heterocycles. The third-order valence-corrected chi connectivity index (χ3v) is 4.72. The standard InChI is InChI=1S/C17H29N5O6/c1-3-10(2)15(17(27)28)21-13(24)8-20-16(26)11-5-4-6-22(11)14(25)9-19-12(23)7-18/h10-11,15H,3-9,18H2,1-2H3,(H,19,23)(H,20,26)(H,21,24)(H,27,28)/t10-,11-,15-/m0/s1. The molecule has 11 heteroatoms. The van der Waals surface area contributed by atoms with Gasteiger partial charge >= 0.3 is 5.97 Å². The van der Waals surface area contributed by atoms with Gasteiger partial charge < -0.3 is 31.7 Å². The fourth-order valence-corrected chi connectivity index (χ4v) is 2.88. The number of nitrogens with zero attached hydrogens (tertiary/aromatic N) is 1. The maximum atomic E-state index is 12.4. The second-order valence-corrected chi connectivity index (χ2v) is 6.71. The van der Waals surface area contributed by atoms with Gasteiger partial charge in [0.05, 0.1) is 19.6 Å². The van der Waals surface area contributed by atoms with Gasteiger partial charge in [0, 0.05) is 6.54 Å². The van der Waals surface area contributed by atoms with Gasteiger partial charge in [0.1, 0.15) is 12.1 Å². The summed E-state index contributed by atoms with van der Waals surface area (Å²) in [4.78, 5) is 60.3. The number of nitrogens with two attached hydrogens (primary N) is 1. The van der Waals surface area contributed by atoms with E-state index >= 15 is 0 Å². The van der Waals surface area contributed by atoms with Gasteiger partial charge in [-0.1, -0.05) is 20.3 Å². The summed E-state index contributed by atoms with van der Waals surface area (Å²) in [5.74, 6) is -3.40. The Labute approximate surface area is 163 Å². The number of carbonyl (C=O) groups excluding carboxylic acids is 4. The first kappa shape index (κ1) is 23.3. The normalized spacial score (nSPS) is 18.1. The van der Waals surface area contributed by atoms with E-state index in [0.717, 1.165) is 0 Å². The lowest BCUT2D eigenvalue weighted by Gasteiger charge is -2.24. The van der Waals surface area contributed by atoms with Gasteiger partial charge in [-0.05, 0) is 18.8 Å². The third kappa shape index (κ3) is 6.80. The predicted octanol–water partition coefficient (Wildman–Crippen LogP) is -2.22. The highest BCUT2D eigenvalue weighted by atomic mass is 16.4. The number of carbonyl (C=O) groups is 5. The number of aliphatic carboxylic acids is 1. The van der Waals surface area contributed by atoms with Crippen molar-refractivity contribution in [3.63, 3.8) is 0 Å². The fourth-order valence-electron chi connectivity index (χ4n) is 2.88. The van der Waals surface area contributed by atoms with Crippen molar-refractivity contribution in [1.82, 2.24) is 20.9 Å². The van der Waals surface area contributed by atoms with Crippen molar-refractivity contribution in [3.05, 3.63) is 0 Å². The summed E-state index contributed by atoms with van der Waals surface area (Å²) < 4.78 is 0. The van der Waals surface area contributed by atoms with Crippen molar-refractivity contribution >= 4 is 29.6 Å². The molecule has 0 saturated carbocycles. The van der Waals surface area contributed by atoms with E-state index in [9.17, 15) is 29.1 Å². The molecular formula is C17H29N5O6. The summed E-state index contributed by atoms with van der Waals surface area (Å²) in [5.41, 5.74) is 5.16. The molecule has 28 heavy (non-hydrogen) atoms. The lowest BCUT2D eigenvalue weighted by atomic mass is 9.99. The molecule has 1 rings (SSSR count). The molecule has 158 valence electrons. The molecule has 6 N–H and O–H groups in total. The van der Waals surface area contributed by atoms with Crippen LogP contribution in [-0.2, 0) is 24.0 Å². The number of carboxylic acid groups (broad SMARTS) is 1. The molecule has 0 aromatic carbocycles. The van der Waals surface area contributed by atoms with Crippen molar-refractivity contribution < 1.29 is 29.1 Å². The SMILES string of the molecule is CC[C@H](C)[C@H](NC(=O)CNC(=O)[C@@H]1CCCN1C(=O)CNC(=O)CN)C(=O)O. The van der Waals surface area contributed by atoms with E-state index in [1.54, 1.807) is 6.92 Å². The lowest BCUT2D eigenvalue weighted by Crippen LogP contribution is -2.52. The van der Waals surface area contributed by atoms with Crippen LogP contribution in [0.1, 0.15) is 33.1 Å². The van der Waals surface area contributed by atoms with E-state index in [0.29, 0.717) is 25.8 Å². The average Bonchev–Trinajstić information content (AvgIpc) is 3.17. The fraction of sp³-hybridized carbons (Fsp3) is 0.706. The van der Waals surface area contributed by atoms with Crippen molar-refractivity contribution in [2.24, 2.45) is 11.7 Å². The molecule has 4 amide bonds. The van der Waals surface area contributed by atoms with Crippen molar-refractivity contribution in [3.8, 4) is 0 Å². The monoisotopic (exact) mass is 399 g/mol. The second kappa shape index (κ2) is 11.2. The first-order chi connectivity index (χ1) is 13.2. The van der Waals surface area contributed by atoms with Gasteiger partial charge in [-0.15, -0.1) is 0 Å². The maximum absolute atomic E-state index is 12.4. The zero-order valence-electron chi connectivity index (χ0n) is 16.2. The molecule has 0 aromatic rings. The average molecular weight is 399 g/mol. The number of amides is 4. The molecule has 0 spiro atoms. The Balaban J connectivity index is 2.54. The number of hydrogen-bond donors (Lipinski definition) is 5. The zero-order valence-corrected chi connectivity index (χ0v) is 16.2. The smallest absolute Gasteiger partial charge is 0.326 e. The summed E-state index contributed by atoms with van der Waals surface area (Å²) in [6.07, 6.45) is 1.63. The minimum atomic E-state index is -1.14. The van der Waals surface area contributed by atoms with Gasteiger partial charge in [-0.25, -0.2) is 4.79 Å².